The summed E-state index contributed by atoms with van der Waals surface area (Å²) in [4.78, 5) is 28.3. The summed E-state index contributed by atoms with van der Waals surface area (Å²) in [6, 6.07) is 7.83. The molecule has 4 aliphatic rings. The molecule has 1 unspecified atom stereocenters. The first kappa shape index (κ1) is 20.2. The van der Waals surface area contributed by atoms with E-state index in [0.717, 1.165) is 49.9 Å². The van der Waals surface area contributed by atoms with Gasteiger partial charge in [0.1, 0.15) is 0 Å². The van der Waals surface area contributed by atoms with E-state index in [1.165, 1.54) is 6.42 Å². The SMILES string of the molecule is CC(=O)N(C1CCN(c2ccc(C(=O)O)cc2)CC1)[C@H]1CC2C[C@@H]([C@@H]1C)C2(C)C. The van der Waals surface area contributed by atoms with E-state index in [1.54, 1.807) is 19.1 Å². The third kappa shape index (κ3) is 3.43. The second-order valence-corrected chi connectivity index (χ2v) is 10.0. The van der Waals surface area contributed by atoms with Gasteiger partial charge in [-0.2, -0.15) is 0 Å². The van der Waals surface area contributed by atoms with Gasteiger partial charge in [-0.1, -0.05) is 20.8 Å². The van der Waals surface area contributed by atoms with E-state index in [4.69, 9.17) is 5.11 Å². The van der Waals surface area contributed by atoms with Crippen LogP contribution in [-0.4, -0.2) is 47.1 Å². The van der Waals surface area contributed by atoms with E-state index in [2.05, 4.69) is 30.6 Å². The van der Waals surface area contributed by atoms with Gasteiger partial charge < -0.3 is 14.9 Å². The Morgan fingerprint density at radius 1 is 1.10 bits per heavy atom. The smallest absolute Gasteiger partial charge is 0.335 e. The number of benzene rings is 1. The molecule has 4 fully saturated rings. The van der Waals surface area contributed by atoms with Crippen LogP contribution < -0.4 is 4.90 Å². The van der Waals surface area contributed by atoms with Crippen LogP contribution in [0.2, 0.25) is 0 Å². The zero-order valence-corrected chi connectivity index (χ0v) is 18.1. The molecule has 4 atom stereocenters. The van der Waals surface area contributed by atoms with Crippen molar-refractivity contribution in [1.82, 2.24) is 4.90 Å². The Labute approximate surface area is 174 Å². The number of carboxylic acid groups (broad SMARTS) is 1. The Kier molecular flexibility index (Phi) is 5.12. The van der Waals surface area contributed by atoms with Crippen LogP contribution in [0.25, 0.3) is 0 Å². The number of rotatable bonds is 4. The average molecular weight is 399 g/mol. The predicted octanol–water partition coefficient (Wildman–Crippen LogP) is 4.27. The van der Waals surface area contributed by atoms with Crippen LogP contribution in [-0.2, 0) is 4.79 Å². The van der Waals surface area contributed by atoms with Gasteiger partial charge in [-0.3, -0.25) is 4.79 Å². The fourth-order valence-corrected chi connectivity index (χ4v) is 6.47. The molecular formula is C24H34N2O3. The molecule has 1 aromatic carbocycles. The van der Waals surface area contributed by atoms with E-state index < -0.39 is 5.97 Å². The maximum atomic E-state index is 12.7. The largest absolute Gasteiger partial charge is 0.478 e. The van der Waals surface area contributed by atoms with Crippen molar-refractivity contribution in [3.05, 3.63) is 29.8 Å². The first-order valence-electron chi connectivity index (χ1n) is 11.1. The lowest BCUT2D eigenvalue weighted by molar-refractivity contribution is -0.162. The molecule has 5 nitrogen and oxygen atoms in total. The molecule has 1 amide bonds. The van der Waals surface area contributed by atoms with Gasteiger partial charge in [0.15, 0.2) is 0 Å². The number of amides is 1. The van der Waals surface area contributed by atoms with Gasteiger partial charge in [-0.15, -0.1) is 0 Å². The molecule has 0 radical (unpaired) electrons. The highest BCUT2D eigenvalue weighted by atomic mass is 16.4. The van der Waals surface area contributed by atoms with Gasteiger partial charge in [-0.05, 0) is 73.1 Å². The third-order valence-electron chi connectivity index (χ3n) is 8.37. The molecule has 0 aromatic heterocycles. The topological polar surface area (TPSA) is 60.9 Å². The number of carbonyl (C=O) groups is 2. The summed E-state index contributed by atoms with van der Waals surface area (Å²) in [6.07, 6.45) is 4.44. The van der Waals surface area contributed by atoms with Crippen molar-refractivity contribution in [1.29, 1.82) is 0 Å². The summed E-state index contributed by atoms with van der Waals surface area (Å²) >= 11 is 0. The van der Waals surface area contributed by atoms with Gasteiger partial charge in [0.05, 0.1) is 5.56 Å². The van der Waals surface area contributed by atoms with Gasteiger partial charge in [-0.25, -0.2) is 4.79 Å². The molecule has 0 spiro atoms. The summed E-state index contributed by atoms with van der Waals surface area (Å²) in [5.41, 5.74) is 1.82. The molecular weight excluding hydrogens is 364 g/mol. The Balaban J connectivity index is 1.42. The predicted molar refractivity (Wildman–Crippen MR) is 114 cm³/mol. The van der Waals surface area contributed by atoms with E-state index in [1.807, 2.05) is 12.1 Å². The van der Waals surface area contributed by atoms with E-state index in [-0.39, 0.29) is 5.91 Å². The summed E-state index contributed by atoms with van der Waals surface area (Å²) in [5, 5.41) is 9.08. The molecule has 1 aliphatic heterocycles. The molecule has 1 heterocycles. The first-order chi connectivity index (χ1) is 13.7. The lowest BCUT2D eigenvalue weighted by Gasteiger charge is -2.64. The molecule has 1 N–H and O–H groups in total. The normalized spacial score (nSPS) is 31.1. The van der Waals surface area contributed by atoms with Crippen molar-refractivity contribution in [2.45, 2.75) is 65.5 Å². The highest BCUT2D eigenvalue weighted by Gasteiger charge is 2.58. The van der Waals surface area contributed by atoms with Crippen LogP contribution in [0, 0.1) is 23.2 Å². The van der Waals surface area contributed by atoms with Crippen LogP contribution in [0.4, 0.5) is 5.69 Å². The standard InChI is InChI=1S/C24H34N2O3/c1-15-21-13-18(24(21,3)4)14-22(15)26(16(2)27)20-9-11-25(12-10-20)19-7-5-17(6-8-19)23(28)29/h5-8,15,18,20-22H,9-14H2,1-4H3,(H,28,29)/t15-,18?,21-,22-/m0/s1. The van der Waals surface area contributed by atoms with Crippen molar-refractivity contribution in [3.63, 3.8) is 0 Å². The second-order valence-electron chi connectivity index (χ2n) is 10.0. The Hall–Kier alpha value is -2.04. The molecule has 1 aromatic rings. The van der Waals surface area contributed by atoms with Gasteiger partial charge in [0, 0.05) is 37.8 Å². The lowest BCUT2D eigenvalue weighted by atomic mass is 9.44. The van der Waals surface area contributed by atoms with Crippen LogP contribution in [0.1, 0.15) is 63.7 Å². The molecule has 29 heavy (non-hydrogen) atoms. The van der Waals surface area contributed by atoms with E-state index in [0.29, 0.717) is 29.0 Å². The number of nitrogens with zero attached hydrogens (tertiary/aromatic N) is 2. The van der Waals surface area contributed by atoms with Crippen LogP contribution in [0.15, 0.2) is 24.3 Å². The number of carboxylic acids is 1. The van der Waals surface area contributed by atoms with Crippen LogP contribution in [0.5, 0.6) is 0 Å². The Bertz CT molecular complexity index is 780. The van der Waals surface area contributed by atoms with Crippen molar-refractivity contribution in [2.75, 3.05) is 18.0 Å². The molecule has 158 valence electrons. The second kappa shape index (κ2) is 7.33. The number of hydrogen-bond acceptors (Lipinski definition) is 3. The number of piperidine rings is 1. The van der Waals surface area contributed by atoms with Gasteiger partial charge >= 0.3 is 5.97 Å². The lowest BCUT2D eigenvalue weighted by Crippen LogP contribution is -2.63. The summed E-state index contributed by atoms with van der Waals surface area (Å²) < 4.78 is 0. The third-order valence-corrected chi connectivity index (χ3v) is 8.37. The highest BCUT2D eigenvalue weighted by molar-refractivity contribution is 5.88. The maximum absolute atomic E-state index is 12.7. The summed E-state index contributed by atoms with van der Waals surface area (Å²) in [7, 11) is 0. The molecule has 5 rings (SSSR count). The molecule has 1 saturated heterocycles. The van der Waals surface area contributed by atoms with E-state index in [9.17, 15) is 9.59 Å². The number of anilines is 1. The fourth-order valence-electron chi connectivity index (χ4n) is 6.47. The number of aromatic carboxylic acids is 1. The number of fused-ring (bicyclic) bond motifs is 2. The molecule has 3 aliphatic carbocycles. The summed E-state index contributed by atoms with van der Waals surface area (Å²) in [5.74, 6) is 1.39. The maximum Gasteiger partial charge on any atom is 0.335 e. The van der Waals surface area contributed by atoms with E-state index >= 15 is 0 Å². The van der Waals surface area contributed by atoms with Crippen molar-refractivity contribution >= 4 is 17.6 Å². The minimum atomic E-state index is -0.893. The Morgan fingerprint density at radius 3 is 2.21 bits per heavy atom. The summed E-state index contributed by atoms with van der Waals surface area (Å²) in [6.45, 7) is 10.7. The molecule has 2 bridgehead atoms. The van der Waals surface area contributed by atoms with Gasteiger partial charge in [0.25, 0.3) is 0 Å². The van der Waals surface area contributed by atoms with Crippen molar-refractivity contribution in [3.8, 4) is 0 Å². The average Bonchev–Trinajstić information content (AvgIpc) is 2.69. The zero-order chi connectivity index (χ0) is 20.9. The van der Waals surface area contributed by atoms with Crippen molar-refractivity contribution < 1.29 is 14.7 Å². The highest BCUT2D eigenvalue weighted by Crippen LogP contribution is 2.62. The van der Waals surface area contributed by atoms with Crippen molar-refractivity contribution in [2.24, 2.45) is 23.2 Å². The number of hydrogen-bond donors (Lipinski definition) is 1. The quantitative estimate of drug-likeness (QED) is 0.823. The van der Waals surface area contributed by atoms with Crippen LogP contribution in [0.3, 0.4) is 0 Å². The monoisotopic (exact) mass is 398 g/mol. The Morgan fingerprint density at radius 2 is 1.72 bits per heavy atom. The van der Waals surface area contributed by atoms with Crippen LogP contribution >= 0.6 is 0 Å². The minimum Gasteiger partial charge on any atom is -0.478 e. The minimum absolute atomic E-state index is 0.227. The zero-order valence-electron chi connectivity index (χ0n) is 18.1. The molecule has 3 saturated carbocycles. The number of carbonyl (C=O) groups excluding carboxylic acids is 1. The first-order valence-corrected chi connectivity index (χ1v) is 11.1. The van der Waals surface area contributed by atoms with Gasteiger partial charge in [0.2, 0.25) is 5.91 Å². The molecule has 5 heteroatoms. The fraction of sp³-hybridized carbons (Fsp3) is 0.667.